The number of rotatable bonds is 5. The van der Waals surface area contributed by atoms with E-state index in [4.69, 9.17) is 0 Å². The van der Waals surface area contributed by atoms with E-state index in [-0.39, 0.29) is 24.0 Å². The van der Waals surface area contributed by atoms with E-state index in [1.807, 2.05) is 0 Å². The SMILES string of the molecule is O=C(Cc1cccc(F)c1)Nc1ccc(Nc2cccc(F)c2)cn1. The fourth-order valence-corrected chi connectivity index (χ4v) is 2.29. The van der Waals surface area contributed by atoms with E-state index in [1.165, 1.54) is 30.5 Å². The minimum atomic E-state index is -0.379. The molecule has 2 aromatic carbocycles. The highest BCUT2D eigenvalue weighted by molar-refractivity contribution is 5.91. The molecule has 0 aliphatic rings. The molecule has 4 nitrogen and oxygen atoms in total. The molecule has 0 saturated heterocycles. The summed E-state index contributed by atoms with van der Waals surface area (Å²) in [5, 5.41) is 5.66. The highest BCUT2D eigenvalue weighted by Gasteiger charge is 2.06. The number of pyridine rings is 1. The van der Waals surface area contributed by atoms with Crippen LogP contribution in [0.15, 0.2) is 66.9 Å². The number of carbonyl (C=O) groups is 1. The first-order chi connectivity index (χ1) is 12.1. The first-order valence-electron chi connectivity index (χ1n) is 7.61. The first kappa shape index (κ1) is 16.6. The molecule has 0 aliphatic heterocycles. The van der Waals surface area contributed by atoms with Crippen LogP contribution in [0.2, 0.25) is 0 Å². The zero-order chi connectivity index (χ0) is 17.6. The molecule has 0 radical (unpaired) electrons. The monoisotopic (exact) mass is 339 g/mol. The van der Waals surface area contributed by atoms with Gasteiger partial charge in [0.25, 0.3) is 0 Å². The van der Waals surface area contributed by atoms with Gasteiger partial charge in [0.05, 0.1) is 18.3 Å². The van der Waals surface area contributed by atoms with E-state index in [0.717, 1.165) is 0 Å². The van der Waals surface area contributed by atoms with Crippen molar-refractivity contribution in [2.45, 2.75) is 6.42 Å². The van der Waals surface area contributed by atoms with Crippen LogP contribution in [-0.4, -0.2) is 10.9 Å². The molecule has 0 spiro atoms. The van der Waals surface area contributed by atoms with Crippen LogP contribution in [0.4, 0.5) is 26.0 Å². The summed E-state index contributed by atoms with van der Waals surface area (Å²) in [5.74, 6) is -0.620. The van der Waals surface area contributed by atoms with Crippen LogP contribution in [0.1, 0.15) is 5.56 Å². The summed E-state index contributed by atoms with van der Waals surface area (Å²) in [7, 11) is 0. The second-order valence-electron chi connectivity index (χ2n) is 5.42. The van der Waals surface area contributed by atoms with Crippen LogP contribution in [0, 0.1) is 11.6 Å². The van der Waals surface area contributed by atoms with Crippen LogP contribution in [0.3, 0.4) is 0 Å². The molecule has 126 valence electrons. The molecule has 3 rings (SSSR count). The zero-order valence-corrected chi connectivity index (χ0v) is 13.2. The molecular formula is C19H15F2N3O. The second-order valence-corrected chi connectivity index (χ2v) is 5.42. The molecule has 0 bridgehead atoms. The van der Waals surface area contributed by atoms with Crippen molar-refractivity contribution in [3.05, 3.63) is 84.1 Å². The third-order valence-electron chi connectivity index (χ3n) is 3.40. The van der Waals surface area contributed by atoms with Gasteiger partial charge in [-0.2, -0.15) is 0 Å². The third-order valence-corrected chi connectivity index (χ3v) is 3.40. The van der Waals surface area contributed by atoms with Crippen molar-refractivity contribution in [2.75, 3.05) is 10.6 Å². The number of nitrogens with one attached hydrogen (secondary N) is 2. The molecule has 0 unspecified atom stereocenters. The minimum Gasteiger partial charge on any atom is -0.354 e. The average Bonchev–Trinajstić information content (AvgIpc) is 2.57. The maximum Gasteiger partial charge on any atom is 0.229 e. The Hall–Kier alpha value is -3.28. The molecule has 0 fully saturated rings. The van der Waals surface area contributed by atoms with Gasteiger partial charge in [0.2, 0.25) is 5.91 Å². The summed E-state index contributed by atoms with van der Waals surface area (Å²) in [4.78, 5) is 16.1. The second kappa shape index (κ2) is 7.53. The highest BCUT2D eigenvalue weighted by atomic mass is 19.1. The van der Waals surface area contributed by atoms with Crippen LogP contribution >= 0.6 is 0 Å². The molecule has 1 amide bonds. The summed E-state index contributed by atoms with van der Waals surface area (Å²) >= 11 is 0. The molecule has 1 aromatic heterocycles. The van der Waals surface area contributed by atoms with E-state index in [1.54, 1.807) is 36.4 Å². The molecular weight excluding hydrogens is 324 g/mol. The maximum absolute atomic E-state index is 13.2. The van der Waals surface area contributed by atoms with Gasteiger partial charge in [-0.15, -0.1) is 0 Å². The van der Waals surface area contributed by atoms with E-state index >= 15 is 0 Å². The van der Waals surface area contributed by atoms with Crippen LogP contribution in [0.25, 0.3) is 0 Å². The smallest absolute Gasteiger partial charge is 0.229 e. The summed E-state index contributed by atoms with van der Waals surface area (Å²) in [6.07, 6.45) is 1.59. The zero-order valence-electron chi connectivity index (χ0n) is 13.2. The van der Waals surface area contributed by atoms with Crippen molar-refractivity contribution in [2.24, 2.45) is 0 Å². The van der Waals surface area contributed by atoms with Crippen molar-refractivity contribution >= 4 is 23.1 Å². The Bertz CT molecular complexity index is 882. The Kier molecular flexibility index (Phi) is 4.99. The number of hydrogen-bond donors (Lipinski definition) is 2. The molecule has 6 heteroatoms. The van der Waals surface area contributed by atoms with Crippen molar-refractivity contribution in [1.29, 1.82) is 0 Å². The Balaban J connectivity index is 1.59. The number of hydrogen-bond acceptors (Lipinski definition) is 3. The quantitative estimate of drug-likeness (QED) is 0.729. The normalized spacial score (nSPS) is 10.3. The minimum absolute atomic E-state index is 0.0583. The molecule has 0 saturated carbocycles. The van der Waals surface area contributed by atoms with Crippen molar-refractivity contribution in [1.82, 2.24) is 4.98 Å². The third kappa shape index (κ3) is 4.84. The summed E-state index contributed by atoms with van der Waals surface area (Å²) < 4.78 is 26.3. The number of nitrogens with zero attached hydrogens (tertiary/aromatic N) is 1. The van der Waals surface area contributed by atoms with Crippen molar-refractivity contribution in [3.63, 3.8) is 0 Å². The molecule has 0 aliphatic carbocycles. The highest BCUT2D eigenvalue weighted by Crippen LogP contribution is 2.18. The summed E-state index contributed by atoms with van der Waals surface area (Å²) in [5.41, 5.74) is 1.85. The van der Waals surface area contributed by atoms with Gasteiger partial charge in [0, 0.05) is 5.69 Å². The molecule has 3 aromatic rings. The number of anilines is 3. The largest absolute Gasteiger partial charge is 0.354 e. The number of aromatic nitrogens is 1. The van der Waals surface area contributed by atoms with Gasteiger partial charge in [-0.1, -0.05) is 18.2 Å². The van der Waals surface area contributed by atoms with Gasteiger partial charge in [-0.25, -0.2) is 13.8 Å². The number of carbonyl (C=O) groups excluding carboxylic acids is 1. The maximum atomic E-state index is 13.2. The lowest BCUT2D eigenvalue weighted by Gasteiger charge is -2.08. The van der Waals surface area contributed by atoms with Gasteiger partial charge in [0.1, 0.15) is 17.5 Å². The van der Waals surface area contributed by atoms with E-state index in [2.05, 4.69) is 15.6 Å². The lowest BCUT2D eigenvalue weighted by molar-refractivity contribution is -0.115. The molecule has 1 heterocycles. The van der Waals surface area contributed by atoms with E-state index in [0.29, 0.717) is 22.8 Å². The lowest BCUT2D eigenvalue weighted by Crippen LogP contribution is -2.15. The van der Waals surface area contributed by atoms with Crippen LogP contribution in [-0.2, 0) is 11.2 Å². The predicted molar refractivity (Wildman–Crippen MR) is 92.7 cm³/mol. The Morgan fingerprint density at radius 2 is 1.68 bits per heavy atom. The van der Waals surface area contributed by atoms with Gasteiger partial charge in [-0.3, -0.25) is 4.79 Å². The van der Waals surface area contributed by atoms with Gasteiger partial charge >= 0.3 is 0 Å². The standard InChI is InChI=1S/C19H15F2N3O/c20-14-4-1-3-13(9-14)10-19(25)24-18-8-7-17(12-22-18)23-16-6-2-5-15(21)11-16/h1-9,11-12,23H,10H2,(H,22,24,25). The van der Waals surface area contributed by atoms with Gasteiger partial charge < -0.3 is 10.6 Å². The van der Waals surface area contributed by atoms with E-state index < -0.39 is 0 Å². The Morgan fingerprint density at radius 1 is 0.920 bits per heavy atom. The molecule has 0 atom stereocenters. The summed E-state index contributed by atoms with van der Waals surface area (Å²) in [6, 6.07) is 15.3. The van der Waals surface area contributed by atoms with Crippen LogP contribution in [0.5, 0.6) is 0 Å². The van der Waals surface area contributed by atoms with Gasteiger partial charge in [0.15, 0.2) is 0 Å². The van der Waals surface area contributed by atoms with Crippen molar-refractivity contribution < 1.29 is 13.6 Å². The Labute approximate surface area is 143 Å². The van der Waals surface area contributed by atoms with Crippen molar-refractivity contribution in [3.8, 4) is 0 Å². The first-order valence-corrected chi connectivity index (χ1v) is 7.61. The van der Waals surface area contributed by atoms with Gasteiger partial charge in [-0.05, 0) is 48.0 Å². The fraction of sp³-hybridized carbons (Fsp3) is 0.0526. The predicted octanol–water partition coefficient (Wildman–Crippen LogP) is 4.28. The van der Waals surface area contributed by atoms with E-state index in [9.17, 15) is 13.6 Å². The topological polar surface area (TPSA) is 54.0 Å². The number of benzene rings is 2. The number of halogens is 2. The molecule has 2 N–H and O–H groups in total. The fourth-order valence-electron chi connectivity index (χ4n) is 2.29. The molecule has 25 heavy (non-hydrogen) atoms. The summed E-state index contributed by atoms with van der Waals surface area (Å²) in [6.45, 7) is 0. The Morgan fingerprint density at radius 3 is 2.36 bits per heavy atom. The number of amides is 1. The lowest BCUT2D eigenvalue weighted by atomic mass is 10.1. The van der Waals surface area contributed by atoms with Crippen LogP contribution < -0.4 is 10.6 Å². The average molecular weight is 339 g/mol.